The van der Waals surface area contributed by atoms with Crippen LogP contribution in [0.5, 0.6) is 0 Å². The third-order valence-electron chi connectivity index (χ3n) is 3.30. The fourth-order valence-electron chi connectivity index (χ4n) is 2.38. The van der Waals surface area contributed by atoms with E-state index < -0.39 is 0 Å². The molecule has 98 valence electrons. The summed E-state index contributed by atoms with van der Waals surface area (Å²) in [6.07, 6.45) is 2.52. The zero-order chi connectivity index (χ0) is 13.1. The Balaban J connectivity index is 2.37. The molecular formula is C13H20N4O. The van der Waals surface area contributed by atoms with E-state index in [1.54, 1.807) is 6.20 Å². The van der Waals surface area contributed by atoms with E-state index in [1.807, 2.05) is 26.0 Å². The van der Waals surface area contributed by atoms with Crippen LogP contribution in [-0.4, -0.2) is 30.0 Å². The van der Waals surface area contributed by atoms with Crippen LogP contribution in [0.25, 0.3) is 0 Å². The Bertz CT molecular complexity index is 433. The molecule has 0 bridgehead atoms. The molecule has 0 radical (unpaired) electrons. The minimum atomic E-state index is -0.147. The van der Waals surface area contributed by atoms with Crippen LogP contribution in [0.2, 0.25) is 0 Å². The summed E-state index contributed by atoms with van der Waals surface area (Å²) in [5.74, 6) is 0.916. The second kappa shape index (κ2) is 5.35. The molecule has 0 spiro atoms. The van der Waals surface area contributed by atoms with Gasteiger partial charge in [-0.25, -0.2) is 4.98 Å². The number of nitrogens with zero attached hydrogens (tertiary/aromatic N) is 2. The lowest BCUT2D eigenvalue weighted by molar-refractivity contribution is -0.123. The van der Waals surface area contributed by atoms with Crippen molar-refractivity contribution in [3.8, 4) is 0 Å². The number of carbonyl (C=O) groups excluding carboxylic acids is 1. The molecule has 2 rings (SSSR count). The zero-order valence-electron chi connectivity index (χ0n) is 10.9. The number of hydrogen-bond donors (Lipinski definition) is 2. The van der Waals surface area contributed by atoms with Crippen LogP contribution in [0.3, 0.4) is 0 Å². The molecule has 1 aliphatic rings. The van der Waals surface area contributed by atoms with Crippen LogP contribution in [0, 0.1) is 0 Å². The molecule has 5 nitrogen and oxygen atoms in total. The lowest BCUT2D eigenvalue weighted by atomic mass is 10.1. The summed E-state index contributed by atoms with van der Waals surface area (Å²) in [4.78, 5) is 18.4. The summed E-state index contributed by atoms with van der Waals surface area (Å²) >= 11 is 0. The Morgan fingerprint density at radius 3 is 3.11 bits per heavy atom. The third kappa shape index (κ3) is 2.31. The number of rotatable bonds is 3. The zero-order valence-corrected chi connectivity index (χ0v) is 10.9. The quantitative estimate of drug-likeness (QED) is 0.830. The molecule has 0 aliphatic carbocycles. The highest BCUT2D eigenvalue weighted by Crippen LogP contribution is 2.25. The number of nitrogens with one attached hydrogen (secondary N) is 1. The third-order valence-corrected chi connectivity index (χ3v) is 3.30. The Morgan fingerprint density at radius 2 is 2.44 bits per heavy atom. The summed E-state index contributed by atoms with van der Waals surface area (Å²) in [7, 11) is 0. The number of nitrogens with two attached hydrogens (primary N) is 1. The first-order chi connectivity index (χ1) is 8.65. The van der Waals surface area contributed by atoms with Gasteiger partial charge < -0.3 is 16.0 Å². The van der Waals surface area contributed by atoms with Gasteiger partial charge in [0.2, 0.25) is 5.91 Å². The molecule has 1 unspecified atom stereocenters. The van der Waals surface area contributed by atoms with Gasteiger partial charge in [-0.3, -0.25) is 4.79 Å². The van der Waals surface area contributed by atoms with E-state index in [9.17, 15) is 4.79 Å². The largest absolute Gasteiger partial charge is 0.353 e. The maximum atomic E-state index is 11.9. The monoisotopic (exact) mass is 248 g/mol. The highest BCUT2D eigenvalue weighted by Gasteiger charge is 2.30. The molecule has 1 aromatic rings. The second-order valence-corrected chi connectivity index (χ2v) is 4.61. The van der Waals surface area contributed by atoms with E-state index in [4.69, 9.17) is 5.73 Å². The van der Waals surface area contributed by atoms with Crippen LogP contribution in [0.4, 0.5) is 5.82 Å². The molecule has 1 saturated heterocycles. The second-order valence-electron chi connectivity index (χ2n) is 4.61. The fraction of sp³-hybridized carbons (Fsp3) is 0.538. The number of pyridine rings is 1. The highest BCUT2D eigenvalue weighted by atomic mass is 16.2. The van der Waals surface area contributed by atoms with Crippen molar-refractivity contribution in [2.24, 2.45) is 5.73 Å². The van der Waals surface area contributed by atoms with Gasteiger partial charge >= 0.3 is 0 Å². The average Bonchev–Trinajstić information content (AvgIpc) is 2.38. The van der Waals surface area contributed by atoms with Crippen molar-refractivity contribution in [3.63, 3.8) is 0 Å². The Morgan fingerprint density at radius 1 is 1.67 bits per heavy atom. The molecule has 2 atom stereocenters. The van der Waals surface area contributed by atoms with E-state index in [0.717, 1.165) is 24.3 Å². The lowest BCUT2D eigenvalue weighted by Crippen LogP contribution is -2.55. The van der Waals surface area contributed by atoms with Crippen molar-refractivity contribution in [2.45, 2.75) is 32.4 Å². The summed E-state index contributed by atoms with van der Waals surface area (Å²) in [5.41, 5.74) is 6.97. The van der Waals surface area contributed by atoms with Crippen molar-refractivity contribution >= 4 is 11.7 Å². The number of aromatic nitrogens is 1. The van der Waals surface area contributed by atoms with Gasteiger partial charge in [0.05, 0.1) is 0 Å². The molecule has 18 heavy (non-hydrogen) atoms. The van der Waals surface area contributed by atoms with Crippen LogP contribution < -0.4 is 16.0 Å². The minimum Gasteiger partial charge on any atom is -0.353 e. The first-order valence-corrected chi connectivity index (χ1v) is 6.40. The van der Waals surface area contributed by atoms with Gasteiger partial charge in [0.25, 0.3) is 0 Å². The molecule has 5 heteroatoms. The standard InChI is InChI=1S/C13H20N4O/c1-3-11-13(18)16-7-8-17(11)12-10(9(2)14)5-4-6-15-12/h4-6,9,11H,3,7-8,14H2,1-2H3,(H,16,18)/t9-,11?/m0/s1. The van der Waals surface area contributed by atoms with Crippen LogP contribution in [0.15, 0.2) is 18.3 Å². The molecule has 0 aromatic carbocycles. The lowest BCUT2D eigenvalue weighted by Gasteiger charge is -2.36. The number of anilines is 1. The Labute approximate surface area is 107 Å². The van der Waals surface area contributed by atoms with Crippen molar-refractivity contribution in [1.82, 2.24) is 10.3 Å². The molecule has 0 saturated carbocycles. The topological polar surface area (TPSA) is 71.2 Å². The van der Waals surface area contributed by atoms with Crippen LogP contribution in [0.1, 0.15) is 31.9 Å². The molecule has 1 amide bonds. The van der Waals surface area contributed by atoms with Crippen LogP contribution in [-0.2, 0) is 4.79 Å². The average molecular weight is 248 g/mol. The first-order valence-electron chi connectivity index (χ1n) is 6.40. The number of amides is 1. The summed E-state index contributed by atoms with van der Waals surface area (Å²) < 4.78 is 0. The molecule has 3 N–H and O–H groups in total. The van der Waals surface area contributed by atoms with Gasteiger partial charge in [0, 0.05) is 30.9 Å². The Kier molecular flexibility index (Phi) is 3.81. The SMILES string of the molecule is CCC1C(=O)NCCN1c1ncccc1[C@H](C)N. The van der Waals surface area contributed by atoms with Gasteiger partial charge in [-0.05, 0) is 19.4 Å². The van der Waals surface area contributed by atoms with E-state index in [2.05, 4.69) is 15.2 Å². The summed E-state index contributed by atoms with van der Waals surface area (Å²) in [6, 6.07) is 3.63. The predicted molar refractivity (Wildman–Crippen MR) is 71.3 cm³/mol. The van der Waals surface area contributed by atoms with Crippen molar-refractivity contribution in [3.05, 3.63) is 23.9 Å². The maximum Gasteiger partial charge on any atom is 0.242 e. The minimum absolute atomic E-state index is 0.0741. The molecule has 1 aliphatic heterocycles. The number of piperazine rings is 1. The van der Waals surface area contributed by atoms with Gasteiger partial charge in [-0.1, -0.05) is 13.0 Å². The number of carbonyl (C=O) groups is 1. The van der Waals surface area contributed by atoms with Crippen molar-refractivity contribution < 1.29 is 4.79 Å². The maximum absolute atomic E-state index is 11.9. The Hall–Kier alpha value is -1.62. The normalized spacial score (nSPS) is 21.6. The van der Waals surface area contributed by atoms with Crippen molar-refractivity contribution in [2.75, 3.05) is 18.0 Å². The van der Waals surface area contributed by atoms with Gasteiger partial charge in [0.1, 0.15) is 11.9 Å². The van der Waals surface area contributed by atoms with E-state index in [1.165, 1.54) is 0 Å². The van der Waals surface area contributed by atoms with Crippen LogP contribution >= 0.6 is 0 Å². The van der Waals surface area contributed by atoms with Gasteiger partial charge in [0.15, 0.2) is 0 Å². The smallest absolute Gasteiger partial charge is 0.242 e. The van der Waals surface area contributed by atoms with E-state index >= 15 is 0 Å². The fourth-order valence-corrected chi connectivity index (χ4v) is 2.38. The van der Waals surface area contributed by atoms with E-state index in [-0.39, 0.29) is 18.0 Å². The van der Waals surface area contributed by atoms with Gasteiger partial charge in [-0.15, -0.1) is 0 Å². The van der Waals surface area contributed by atoms with Crippen molar-refractivity contribution in [1.29, 1.82) is 0 Å². The summed E-state index contributed by atoms with van der Waals surface area (Å²) in [6.45, 7) is 5.38. The van der Waals surface area contributed by atoms with E-state index in [0.29, 0.717) is 6.54 Å². The summed E-state index contributed by atoms with van der Waals surface area (Å²) in [5, 5.41) is 2.89. The molecular weight excluding hydrogens is 228 g/mol. The first kappa shape index (κ1) is 12.8. The number of hydrogen-bond acceptors (Lipinski definition) is 4. The molecule has 1 fully saturated rings. The highest BCUT2D eigenvalue weighted by molar-refractivity contribution is 5.86. The molecule has 2 heterocycles. The molecule has 1 aromatic heterocycles. The van der Waals surface area contributed by atoms with Gasteiger partial charge in [-0.2, -0.15) is 0 Å². The predicted octanol–water partition coefficient (Wildman–Crippen LogP) is 0.816.